The number of hydrogen-bond donors (Lipinski definition) is 0. The highest BCUT2D eigenvalue weighted by Crippen LogP contribution is 2.41. The van der Waals surface area contributed by atoms with Gasteiger partial charge < -0.3 is 18.9 Å². The minimum absolute atomic E-state index is 0.130. The zero-order valence-corrected chi connectivity index (χ0v) is 33.3. The number of terminal acetylenes is 2. The number of fused-ring (bicyclic) bond motifs is 1. The van der Waals surface area contributed by atoms with Crippen molar-refractivity contribution in [2.75, 3.05) is 26.4 Å². The van der Waals surface area contributed by atoms with Crippen molar-refractivity contribution in [2.45, 2.75) is 120 Å². The second kappa shape index (κ2) is 31.0. The van der Waals surface area contributed by atoms with E-state index in [0.717, 1.165) is 36.8 Å². The lowest BCUT2D eigenvalue weighted by molar-refractivity contribution is -0.173. The zero-order chi connectivity index (χ0) is 40.6. The first-order chi connectivity index (χ1) is 25.0. The first-order valence-corrected chi connectivity index (χ1v) is 18.0. The van der Waals surface area contributed by atoms with Gasteiger partial charge in [0.15, 0.2) is 10.8 Å². The summed E-state index contributed by atoms with van der Waals surface area (Å²) in [6.07, 6.45) is 17.7. The van der Waals surface area contributed by atoms with Gasteiger partial charge in [0.1, 0.15) is 0 Å². The van der Waals surface area contributed by atoms with Gasteiger partial charge in [0.05, 0.1) is 26.4 Å². The smallest absolute Gasteiger partial charge is 0.325 e. The number of aryl methyl sites for hydroxylation is 2. The number of benzene rings is 1. The van der Waals surface area contributed by atoms with E-state index >= 15 is 0 Å². The fourth-order valence-electron chi connectivity index (χ4n) is 5.16. The van der Waals surface area contributed by atoms with Crippen LogP contribution in [0.25, 0.3) is 0 Å². The number of carbonyl (C=O) groups is 4. The molecule has 0 bridgehead atoms. The molecule has 0 fully saturated rings. The van der Waals surface area contributed by atoms with E-state index in [9.17, 15) is 19.2 Å². The molecule has 0 aromatic heterocycles. The largest absolute Gasteiger partial charge is 0.465 e. The van der Waals surface area contributed by atoms with E-state index in [2.05, 4.69) is 82.9 Å². The van der Waals surface area contributed by atoms with Crippen molar-refractivity contribution in [3.63, 3.8) is 0 Å². The third-order valence-electron chi connectivity index (χ3n) is 7.75. The first-order valence-electron chi connectivity index (χ1n) is 18.0. The summed E-state index contributed by atoms with van der Waals surface area (Å²) in [4.78, 5) is 48.8. The van der Waals surface area contributed by atoms with Crippen molar-refractivity contribution < 1.29 is 38.1 Å². The van der Waals surface area contributed by atoms with Crippen molar-refractivity contribution in [3.05, 3.63) is 60.7 Å². The number of rotatable bonds is 15. The standard InChI is InChI=1S/C20H28O4.C13H16O4.C7H12.2C2H4/c1-5-8-9-15-11-17-13-20(18(21)23-6-2,19(22)24-7-3)12-16(17)10-14(15)4;1-5-9-13(10-6-2,11(14)16-7-3)12(15)17-8-4;1-3-5-7-6-4-2;2*1-2/h10-11H,5-9,12-13H2,1-4H3;1-2H,7-10H2,3-4H3;3,5,7H2,1-2H3;2*1-2H2. The molecule has 8 nitrogen and oxygen atoms in total. The van der Waals surface area contributed by atoms with E-state index in [0.29, 0.717) is 12.8 Å². The maximum atomic E-state index is 12.6. The predicted octanol–water partition coefficient (Wildman–Crippen LogP) is 8.50. The molecule has 1 aliphatic rings. The third-order valence-corrected chi connectivity index (χ3v) is 7.75. The van der Waals surface area contributed by atoms with Gasteiger partial charge in [0, 0.05) is 19.3 Å². The highest BCUT2D eigenvalue weighted by Gasteiger charge is 2.53. The lowest BCUT2D eigenvalue weighted by Gasteiger charge is -2.25. The zero-order valence-electron chi connectivity index (χ0n) is 33.3. The normalized spacial score (nSPS) is 11.3. The molecule has 0 unspecified atom stereocenters. The summed E-state index contributed by atoms with van der Waals surface area (Å²) >= 11 is 0. The minimum atomic E-state index is -1.57. The van der Waals surface area contributed by atoms with Crippen molar-refractivity contribution in [3.8, 4) is 36.5 Å². The predicted molar refractivity (Wildman–Crippen MR) is 211 cm³/mol. The van der Waals surface area contributed by atoms with E-state index in [1.807, 2.05) is 6.92 Å². The second-order valence-corrected chi connectivity index (χ2v) is 11.3. The fourth-order valence-corrected chi connectivity index (χ4v) is 5.16. The highest BCUT2D eigenvalue weighted by atomic mass is 16.6. The molecule has 0 saturated carbocycles. The molecule has 1 aromatic rings. The van der Waals surface area contributed by atoms with E-state index in [1.54, 1.807) is 27.7 Å². The van der Waals surface area contributed by atoms with Crippen LogP contribution in [0.1, 0.15) is 116 Å². The van der Waals surface area contributed by atoms with E-state index in [1.165, 1.54) is 24.0 Å². The summed E-state index contributed by atoms with van der Waals surface area (Å²) in [7, 11) is 0. The van der Waals surface area contributed by atoms with E-state index in [-0.39, 0.29) is 39.3 Å². The van der Waals surface area contributed by atoms with Gasteiger partial charge in [0.2, 0.25) is 0 Å². The van der Waals surface area contributed by atoms with Gasteiger partial charge in [-0.25, -0.2) is 0 Å². The summed E-state index contributed by atoms with van der Waals surface area (Å²) in [5.41, 5.74) is 1.88. The van der Waals surface area contributed by atoms with E-state index < -0.39 is 34.7 Å². The summed E-state index contributed by atoms with van der Waals surface area (Å²) < 4.78 is 20.1. The maximum Gasteiger partial charge on any atom is 0.325 e. The molecule has 0 N–H and O–H groups in total. The van der Waals surface area contributed by atoms with Crippen molar-refractivity contribution >= 4 is 23.9 Å². The third kappa shape index (κ3) is 16.5. The lowest BCUT2D eigenvalue weighted by atomic mass is 9.81. The molecule has 1 aliphatic carbocycles. The molecule has 0 amide bonds. The molecule has 0 spiro atoms. The van der Waals surface area contributed by atoms with Crippen LogP contribution in [-0.4, -0.2) is 50.3 Å². The number of unbranched alkanes of at least 4 members (excludes halogenated alkanes) is 3. The van der Waals surface area contributed by atoms with Gasteiger partial charge in [0.25, 0.3) is 0 Å². The summed E-state index contributed by atoms with van der Waals surface area (Å²) in [6.45, 7) is 27.9. The Bertz CT molecular complexity index is 1310. The van der Waals surface area contributed by atoms with Crippen LogP contribution in [0.15, 0.2) is 38.4 Å². The molecular formula is C44H64O8. The first kappa shape index (κ1) is 51.6. The Morgan fingerprint density at radius 3 is 1.52 bits per heavy atom. The molecule has 1 aromatic carbocycles. The average Bonchev–Trinajstić information content (AvgIpc) is 3.53. The lowest BCUT2D eigenvalue weighted by Crippen LogP contribution is -2.43. The molecule has 8 heteroatoms. The van der Waals surface area contributed by atoms with Gasteiger partial charge in [-0.1, -0.05) is 38.8 Å². The second-order valence-electron chi connectivity index (χ2n) is 11.3. The molecule has 0 saturated heterocycles. The maximum absolute atomic E-state index is 12.6. The van der Waals surface area contributed by atoms with Crippen molar-refractivity contribution in [1.29, 1.82) is 0 Å². The van der Waals surface area contributed by atoms with Gasteiger partial charge in [-0.05, 0) is 95.9 Å². The van der Waals surface area contributed by atoms with Gasteiger partial charge >= 0.3 is 23.9 Å². The van der Waals surface area contributed by atoms with Crippen LogP contribution >= 0.6 is 0 Å². The Balaban J connectivity index is -0.000000746. The van der Waals surface area contributed by atoms with Crippen molar-refractivity contribution in [1.82, 2.24) is 0 Å². The van der Waals surface area contributed by atoms with Crippen LogP contribution in [0.4, 0.5) is 0 Å². The monoisotopic (exact) mass is 720 g/mol. The molecular weight excluding hydrogens is 656 g/mol. The van der Waals surface area contributed by atoms with Crippen LogP contribution in [-0.2, 0) is 57.4 Å². The molecule has 2 rings (SSSR count). The molecule has 0 radical (unpaired) electrons. The van der Waals surface area contributed by atoms with Gasteiger partial charge in [-0.3, -0.25) is 19.2 Å². The van der Waals surface area contributed by atoms with Crippen LogP contribution in [0.2, 0.25) is 0 Å². The topological polar surface area (TPSA) is 105 Å². The minimum Gasteiger partial charge on any atom is -0.465 e. The highest BCUT2D eigenvalue weighted by molar-refractivity contribution is 6.02. The quantitative estimate of drug-likeness (QED) is 0.0444. The molecule has 0 heterocycles. The van der Waals surface area contributed by atoms with Crippen LogP contribution in [0, 0.1) is 54.3 Å². The Hall–Kier alpha value is -4.74. The average molecular weight is 721 g/mol. The molecule has 0 aliphatic heterocycles. The fraction of sp³-hybridized carbons (Fsp3) is 0.545. The van der Waals surface area contributed by atoms with E-state index in [4.69, 9.17) is 31.8 Å². The number of esters is 4. The Kier molecular flexibility index (Phi) is 30.8. The summed E-state index contributed by atoms with van der Waals surface area (Å²) in [5, 5.41) is 0. The van der Waals surface area contributed by atoms with Crippen molar-refractivity contribution in [2.24, 2.45) is 10.8 Å². The SMILES string of the molecule is C#CCC(CC#C)(C(=O)OCC)C(=O)OCC.C=C.C=C.CC#CCCCC.CCCCc1cc2c(cc1C)CC(C(=O)OCC)(C(=O)OCC)C2. The molecule has 0 atom stereocenters. The number of carbonyl (C=O) groups excluding carboxylic acids is 4. The summed E-state index contributed by atoms with van der Waals surface area (Å²) in [5.74, 6) is 8.02. The van der Waals surface area contributed by atoms with Crippen LogP contribution in [0.5, 0.6) is 0 Å². The van der Waals surface area contributed by atoms with Crippen LogP contribution < -0.4 is 0 Å². The van der Waals surface area contributed by atoms with Crippen LogP contribution in [0.3, 0.4) is 0 Å². The summed E-state index contributed by atoms with van der Waals surface area (Å²) in [6, 6.07) is 4.29. The van der Waals surface area contributed by atoms with Gasteiger partial charge in [-0.2, -0.15) is 0 Å². The Labute approximate surface area is 315 Å². The van der Waals surface area contributed by atoms with Gasteiger partial charge in [-0.15, -0.1) is 62.8 Å². The Morgan fingerprint density at radius 2 is 1.15 bits per heavy atom. The molecule has 52 heavy (non-hydrogen) atoms. The number of hydrogen-bond acceptors (Lipinski definition) is 8. The Morgan fingerprint density at radius 1 is 0.731 bits per heavy atom. The molecule has 288 valence electrons. The number of ether oxygens (including phenoxy) is 4.